The van der Waals surface area contributed by atoms with Gasteiger partial charge < -0.3 is 11.1 Å². The van der Waals surface area contributed by atoms with Crippen LogP contribution < -0.4 is 11.1 Å². The zero-order valence-corrected chi connectivity index (χ0v) is 7.62. The molecule has 1 rings (SSSR count). The summed E-state index contributed by atoms with van der Waals surface area (Å²) in [6.45, 7) is 2.08. The molecule has 1 aromatic carbocycles. The van der Waals surface area contributed by atoms with Crippen molar-refractivity contribution in [1.29, 1.82) is 0 Å². The fourth-order valence-electron chi connectivity index (χ4n) is 1.14. The molecule has 66 valence electrons. The van der Waals surface area contributed by atoms with Crippen molar-refractivity contribution >= 4 is 0 Å². The molecule has 2 atom stereocenters. The highest BCUT2D eigenvalue weighted by molar-refractivity contribution is 5.19. The molecular weight excluding hydrogens is 148 g/mol. The minimum atomic E-state index is 0.0798. The van der Waals surface area contributed by atoms with Crippen LogP contribution in [0, 0.1) is 0 Å². The fourth-order valence-corrected chi connectivity index (χ4v) is 1.14. The summed E-state index contributed by atoms with van der Waals surface area (Å²) in [7, 11) is 1.92. The predicted octanol–water partition coefficient (Wildman–Crippen LogP) is 1.29. The molecule has 1 aromatic rings. The van der Waals surface area contributed by atoms with E-state index in [0.717, 1.165) is 0 Å². The molecule has 12 heavy (non-hydrogen) atoms. The fraction of sp³-hybridized carbons (Fsp3) is 0.400. The summed E-state index contributed by atoms with van der Waals surface area (Å²) in [5.41, 5.74) is 7.17. The van der Waals surface area contributed by atoms with E-state index in [0.29, 0.717) is 6.04 Å². The third kappa shape index (κ3) is 2.06. The molecule has 0 saturated heterocycles. The number of benzene rings is 1. The summed E-state index contributed by atoms with van der Waals surface area (Å²) < 4.78 is 0. The quantitative estimate of drug-likeness (QED) is 0.706. The molecule has 0 heterocycles. The molecule has 0 amide bonds. The van der Waals surface area contributed by atoms with E-state index < -0.39 is 0 Å². The zero-order chi connectivity index (χ0) is 8.97. The first-order chi connectivity index (χ1) is 5.75. The largest absolute Gasteiger partial charge is 0.323 e. The van der Waals surface area contributed by atoms with Crippen molar-refractivity contribution in [3.8, 4) is 0 Å². The van der Waals surface area contributed by atoms with Gasteiger partial charge in [0.05, 0.1) is 0 Å². The third-order valence-corrected chi connectivity index (χ3v) is 2.18. The second-order valence-corrected chi connectivity index (χ2v) is 3.01. The van der Waals surface area contributed by atoms with Gasteiger partial charge >= 0.3 is 0 Å². The zero-order valence-electron chi connectivity index (χ0n) is 7.62. The van der Waals surface area contributed by atoms with Crippen LogP contribution in [0.1, 0.15) is 18.5 Å². The Hall–Kier alpha value is -0.860. The second kappa shape index (κ2) is 4.24. The van der Waals surface area contributed by atoms with Gasteiger partial charge in [-0.25, -0.2) is 0 Å². The van der Waals surface area contributed by atoms with Crippen LogP contribution in [0.15, 0.2) is 30.3 Å². The van der Waals surface area contributed by atoms with E-state index in [9.17, 15) is 0 Å². The highest BCUT2D eigenvalue weighted by atomic mass is 14.9. The lowest BCUT2D eigenvalue weighted by Gasteiger charge is -2.19. The number of nitrogens with one attached hydrogen (secondary N) is 1. The molecule has 0 bridgehead atoms. The third-order valence-electron chi connectivity index (χ3n) is 2.18. The molecule has 0 saturated carbocycles. The van der Waals surface area contributed by atoms with E-state index in [-0.39, 0.29) is 6.04 Å². The monoisotopic (exact) mass is 164 g/mol. The number of hydrogen-bond donors (Lipinski definition) is 2. The Bertz CT molecular complexity index is 221. The lowest BCUT2D eigenvalue weighted by molar-refractivity contribution is 0.507. The van der Waals surface area contributed by atoms with Crippen molar-refractivity contribution in [2.75, 3.05) is 7.05 Å². The van der Waals surface area contributed by atoms with Crippen molar-refractivity contribution in [1.82, 2.24) is 5.32 Å². The van der Waals surface area contributed by atoms with Crippen molar-refractivity contribution in [2.24, 2.45) is 5.73 Å². The summed E-state index contributed by atoms with van der Waals surface area (Å²) in [5.74, 6) is 0. The van der Waals surface area contributed by atoms with Crippen LogP contribution in [0.5, 0.6) is 0 Å². The Kier molecular flexibility index (Phi) is 3.26. The highest BCUT2D eigenvalue weighted by Gasteiger charge is 2.11. The van der Waals surface area contributed by atoms with Crippen molar-refractivity contribution in [3.05, 3.63) is 35.9 Å². The van der Waals surface area contributed by atoms with Gasteiger partial charge in [-0.1, -0.05) is 30.3 Å². The molecule has 0 aromatic heterocycles. The maximum Gasteiger partial charge on any atom is 0.0448 e. The molecule has 0 aliphatic carbocycles. The van der Waals surface area contributed by atoms with Gasteiger partial charge in [-0.2, -0.15) is 0 Å². The summed E-state index contributed by atoms with van der Waals surface area (Å²) in [4.78, 5) is 0. The summed E-state index contributed by atoms with van der Waals surface area (Å²) in [6, 6.07) is 10.5. The average Bonchev–Trinajstić information content (AvgIpc) is 2.17. The van der Waals surface area contributed by atoms with Gasteiger partial charge in [0.1, 0.15) is 0 Å². The van der Waals surface area contributed by atoms with E-state index in [4.69, 9.17) is 5.73 Å². The Morgan fingerprint density at radius 3 is 2.33 bits per heavy atom. The van der Waals surface area contributed by atoms with Crippen molar-refractivity contribution in [2.45, 2.75) is 19.0 Å². The van der Waals surface area contributed by atoms with Gasteiger partial charge in [0, 0.05) is 12.1 Å². The number of hydrogen-bond acceptors (Lipinski definition) is 2. The maximum absolute atomic E-state index is 5.99. The summed E-state index contributed by atoms with van der Waals surface area (Å²) >= 11 is 0. The van der Waals surface area contributed by atoms with E-state index in [1.807, 2.05) is 25.2 Å². The van der Waals surface area contributed by atoms with Crippen LogP contribution in [0.25, 0.3) is 0 Å². The number of nitrogens with two attached hydrogens (primary N) is 1. The van der Waals surface area contributed by atoms with E-state index >= 15 is 0 Å². The molecule has 0 unspecified atom stereocenters. The van der Waals surface area contributed by atoms with Crippen LogP contribution >= 0.6 is 0 Å². The maximum atomic E-state index is 5.99. The SMILES string of the molecule is CN[C@@H](C)[C@@H](N)c1ccccc1. The normalized spacial score (nSPS) is 15.6. The van der Waals surface area contributed by atoms with E-state index in [2.05, 4.69) is 24.4 Å². The topological polar surface area (TPSA) is 38.0 Å². The minimum Gasteiger partial charge on any atom is -0.323 e. The predicted molar refractivity (Wildman–Crippen MR) is 51.9 cm³/mol. The van der Waals surface area contributed by atoms with Gasteiger partial charge in [-0.15, -0.1) is 0 Å². The lowest BCUT2D eigenvalue weighted by Crippen LogP contribution is -2.34. The second-order valence-electron chi connectivity index (χ2n) is 3.01. The highest BCUT2D eigenvalue weighted by Crippen LogP contribution is 2.12. The van der Waals surface area contributed by atoms with Crippen LogP contribution in [-0.2, 0) is 0 Å². The molecule has 0 aliphatic rings. The summed E-state index contributed by atoms with van der Waals surface area (Å²) in [6.07, 6.45) is 0. The first-order valence-corrected chi connectivity index (χ1v) is 4.23. The lowest BCUT2D eigenvalue weighted by atomic mass is 10.0. The van der Waals surface area contributed by atoms with E-state index in [1.165, 1.54) is 5.56 Å². The van der Waals surface area contributed by atoms with Crippen molar-refractivity contribution < 1.29 is 0 Å². The van der Waals surface area contributed by atoms with Gasteiger partial charge in [0.25, 0.3) is 0 Å². The van der Waals surface area contributed by atoms with Gasteiger partial charge in [0.15, 0.2) is 0 Å². The van der Waals surface area contributed by atoms with Crippen LogP contribution in [-0.4, -0.2) is 13.1 Å². The first-order valence-electron chi connectivity index (χ1n) is 4.23. The number of rotatable bonds is 3. The Morgan fingerprint density at radius 1 is 1.25 bits per heavy atom. The summed E-state index contributed by atoms with van der Waals surface area (Å²) in [5, 5.41) is 3.14. The van der Waals surface area contributed by atoms with Crippen molar-refractivity contribution in [3.63, 3.8) is 0 Å². The molecule has 0 fully saturated rings. The Labute approximate surface area is 73.8 Å². The standard InChI is InChI=1S/C10H16N2/c1-8(12-2)10(11)9-6-4-3-5-7-9/h3-8,10,12H,11H2,1-2H3/t8-,10+/m0/s1. The van der Waals surface area contributed by atoms with Crippen LogP contribution in [0.2, 0.25) is 0 Å². The minimum absolute atomic E-state index is 0.0798. The van der Waals surface area contributed by atoms with E-state index in [1.54, 1.807) is 0 Å². The molecule has 0 spiro atoms. The number of likely N-dealkylation sites (N-methyl/N-ethyl adjacent to an activating group) is 1. The van der Waals surface area contributed by atoms with Crippen LogP contribution in [0.3, 0.4) is 0 Å². The molecule has 3 N–H and O–H groups in total. The Morgan fingerprint density at radius 2 is 1.83 bits per heavy atom. The molecule has 2 heteroatoms. The molecule has 0 aliphatic heterocycles. The average molecular weight is 164 g/mol. The van der Waals surface area contributed by atoms with Crippen LogP contribution in [0.4, 0.5) is 0 Å². The van der Waals surface area contributed by atoms with Gasteiger partial charge in [0.2, 0.25) is 0 Å². The molecular formula is C10H16N2. The van der Waals surface area contributed by atoms with Gasteiger partial charge in [-0.3, -0.25) is 0 Å². The first kappa shape index (κ1) is 9.23. The smallest absolute Gasteiger partial charge is 0.0448 e. The van der Waals surface area contributed by atoms with Gasteiger partial charge in [-0.05, 0) is 19.5 Å². The molecule has 2 nitrogen and oxygen atoms in total. The Balaban J connectivity index is 2.71. The molecule has 0 radical (unpaired) electrons.